The topological polar surface area (TPSA) is 43.4 Å². The highest BCUT2D eigenvalue weighted by atomic mass is 16.5. The summed E-state index contributed by atoms with van der Waals surface area (Å²) < 4.78 is 5.67. The smallest absolute Gasteiger partial charge is 0.310 e. The van der Waals surface area contributed by atoms with Crippen LogP contribution in [0.25, 0.3) is 11.1 Å². The molecular weight excluding hydrogens is 456 g/mol. The first-order chi connectivity index (χ1) is 18.2. The molecule has 3 nitrogen and oxygen atoms in total. The molecule has 2 aliphatic rings. The molecule has 4 aromatic carbocycles. The Balaban J connectivity index is 1.81. The van der Waals surface area contributed by atoms with Gasteiger partial charge >= 0.3 is 5.97 Å². The Morgan fingerprint density at radius 2 is 1.16 bits per heavy atom. The van der Waals surface area contributed by atoms with E-state index in [1.54, 1.807) is 0 Å². The van der Waals surface area contributed by atoms with Crippen molar-refractivity contribution in [1.82, 2.24) is 0 Å². The summed E-state index contributed by atoms with van der Waals surface area (Å²) in [6.07, 6.45) is 0.365. The van der Waals surface area contributed by atoms with Gasteiger partial charge in [-0.05, 0) is 46.7 Å². The molecule has 3 atom stereocenters. The molecule has 182 valence electrons. The number of rotatable bonds is 6. The zero-order chi connectivity index (χ0) is 25.5. The highest BCUT2D eigenvalue weighted by Gasteiger charge is 2.74. The third-order valence-electron chi connectivity index (χ3n) is 8.04. The van der Waals surface area contributed by atoms with Gasteiger partial charge in [0.05, 0.1) is 23.4 Å². The van der Waals surface area contributed by atoms with E-state index in [1.165, 1.54) is 0 Å². The summed E-state index contributed by atoms with van der Waals surface area (Å²) >= 11 is 0. The molecule has 0 aliphatic heterocycles. The summed E-state index contributed by atoms with van der Waals surface area (Å²) in [6, 6.07) is 40.0. The van der Waals surface area contributed by atoms with Crippen LogP contribution in [0.1, 0.15) is 35.6 Å². The van der Waals surface area contributed by atoms with Crippen LogP contribution in [-0.2, 0) is 25.2 Å². The SMILES string of the molecule is CCOC(=O)[C@H]1C[C@@]2(c3ccccc3)C(=O)[C@@]1(c1ccccc1)C(c1ccccc1)=C2c1ccccc1. The van der Waals surface area contributed by atoms with Crippen LogP contribution in [0.15, 0.2) is 121 Å². The Hall–Kier alpha value is -4.24. The standard InChI is InChI=1S/C34H28O3/c1-2-37-31(35)28-23-33(26-19-11-5-12-20-26)29(24-15-7-3-8-16-24)30(25-17-9-4-10-18-25)34(28,32(33)36)27-21-13-6-14-22-27/h3-22,28H,2,23H2,1H3/t28-,33+,34-/m1/s1. The van der Waals surface area contributed by atoms with Gasteiger partial charge < -0.3 is 4.74 Å². The number of ketones is 1. The maximum Gasteiger partial charge on any atom is 0.310 e. The van der Waals surface area contributed by atoms with Crippen molar-refractivity contribution in [3.05, 3.63) is 144 Å². The van der Waals surface area contributed by atoms with Crippen LogP contribution in [-0.4, -0.2) is 18.4 Å². The molecule has 0 saturated heterocycles. The minimum atomic E-state index is -1.17. The fraction of sp³-hybridized carbons (Fsp3) is 0.176. The third-order valence-corrected chi connectivity index (χ3v) is 8.04. The van der Waals surface area contributed by atoms with E-state index in [9.17, 15) is 4.79 Å². The average Bonchev–Trinajstić information content (AvgIpc) is 3.37. The minimum Gasteiger partial charge on any atom is -0.466 e. The molecule has 0 N–H and O–H groups in total. The molecule has 4 aromatic rings. The van der Waals surface area contributed by atoms with E-state index < -0.39 is 16.7 Å². The van der Waals surface area contributed by atoms with Gasteiger partial charge in [0.1, 0.15) is 0 Å². The van der Waals surface area contributed by atoms with Crippen LogP contribution in [0.3, 0.4) is 0 Å². The van der Waals surface area contributed by atoms with E-state index in [4.69, 9.17) is 4.74 Å². The first-order valence-corrected chi connectivity index (χ1v) is 12.8. The lowest BCUT2D eigenvalue weighted by atomic mass is 9.63. The predicted molar refractivity (Wildman–Crippen MR) is 146 cm³/mol. The van der Waals surface area contributed by atoms with Crippen molar-refractivity contribution in [1.29, 1.82) is 0 Å². The van der Waals surface area contributed by atoms with Crippen molar-refractivity contribution < 1.29 is 14.3 Å². The van der Waals surface area contributed by atoms with Gasteiger partial charge in [0.2, 0.25) is 0 Å². The minimum absolute atomic E-state index is 0.0492. The molecule has 1 fully saturated rings. The Morgan fingerprint density at radius 1 is 0.703 bits per heavy atom. The maximum absolute atomic E-state index is 15.2. The summed E-state index contributed by atoms with van der Waals surface area (Å²) in [5.41, 5.74) is 3.43. The summed E-state index contributed by atoms with van der Waals surface area (Å²) in [5.74, 6) is -0.920. The van der Waals surface area contributed by atoms with Crippen molar-refractivity contribution in [2.75, 3.05) is 6.61 Å². The Labute approximate surface area is 217 Å². The quantitative estimate of drug-likeness (QED) is 0.288. The lowest BCUT2D eigenvalue weighted by Gasteiger charge is -2.38. The number of benzene rings is 4. The zero-order valence-electron chi connectivity index (χ0n) is 20.8. The van der Waals surface area contributed by atoms with Crippen LogP contribution < -0.4 is 0 Å². The zero-order valence-corrected chi connectivity index (χ0v) is 20.8. The first kappa shape index (κ1) is 23.2. The highest BCUT2D eigenvalue weighted by molar-refractivity contribution is 6.30. The summed E-state index contributed by atoms with van der Waals surface area (Å²) in [4.78, 5) is 29.0. The predicted octanol–water partition coefficient (Wildman–Crippen LogP) is 6.64. The Morgan fingerprint density at radius 3 is 1.68 bits per heavy atom. The number of hydrogen-bond donors (Lipinski definition) is 0. The number of ether oxygens (including phenoxy) is 1. The monoisotopic (exact) mass is 484 g/mol. The number of esters is 1. The van der Waals surface area contributed by atoms with Crippen molar-refractivity contribution in [2.45, 2.75) is 24.2 Å². The lowest BCUT2D eigenvalue weighted by molar-refractivity contribution is -0.150. The van der Waals surface area contributed by atoms with Gasteiger partial charge in [0.15, 0.2) is 5.78 Å². The molecule has 2 aliphatic carbocycles. The van der Waals surface area contributed by atoms with E-state index >= 15 is 4.79 Å². The fourth-order valence-corrected chi connectivity index (χ4v) is 6.73. The van der Waals surface area contributed by atoms with Crippen LogP contribution in [0.4, 0.5) is 0 Å². The summed E-state index contributed by atoms with van der Waals surface area (Å²) in [5, 5.41) is 0. The van der Waals surface area contributed by atoms with Gasteiger partial charge in [-0.3, -0.25) is 9.59 Å². The second-order valence-electron chi connectivity index (χ2n) is 9.77. The van der Waals surface area contributed by atoms with E-state index in [0.29, 0.717) is 6.42 Å². The van der Waals surface area contributed by atoms with Gasteiger partial charge in [-0.25, -0.2) is 0 Å². The van der Waals surface area contributed by atoms with Crippen molar-refractivity contribution in [3.63, 3.8) is 0 Å². The highest BCUT2D eigenvalue weighted by Crippen LogP contribution is 2.70. The van der Waals surface area contributed by atoms with Crippen LogP contribution in [0.2, 0.25) is 0 Å². The first-order valence-electron chi connectivity index (χ1n) is 12.8. The molecule has 0 heterocycles. The fourth-order valence-electron chi connectivity index (χ4n) is 6.73. The summed E-state index contributed by atoms with van der Waals surface area (Å²) in [7, 11) is 0. The molecule has 0 unspecified atom stereocenters. The molecule has 0 amide bonds. The third kappa shape index (κ3) is 3.20. The van der Waals surface area contributed by atoms with Crippen molar-refractivity contribution >= 4 is 22.9 Å². The van der Waals surface area contributed by atoms with Crippen molar-refractivity contribution in [2.24, 2.45) is 5.92 Å². The van der Waals surface area contributed by atoms with Crippen LogP contribution in [0.5, 0.6) is 0 Å². The largest absolute Gasteiger partial charge is 0.466 e. The van der Waals surface area contributed by atoms with Gasteiger partial charge in [0.25, 0.3) is 0 Å². The van der Waals surface area contributed by atoms with E-state index in [0.717, 1.165) is 33.4 Å². The number of allylic oxidation sites excluding steroid dienone is 2. The van der Waals surface area contributed by atoms with Gasteiger partial charge in [-0.2, -0.15) is 0 Å². The van der Waals surface area contributed by atoms with Gasteiger partial charge in [-0.15, -0.1) is 0 Å². The Kier molecular flexibility index (Phi) is 5.64. The normalized spacial score (nSPS) is 24.4. The van der Waals surface area contributed by atoms with Crippen LogP contribution in [0, 0.1) is 5.92 Å². The maximum atomic E-state index is 15.2. The molecule has 2 bridgehead atoms. The van der Waals surface area contributed by atoms with Crippen molar-refractivity contribution in [3.8, 4) is 0 Å². The average molecular weight is 485 g/mol. The van der Waals surface area contributed by atoms with E-state index in [2.05, 4.69) is 24.3 Å². The number of hydrogen-bond acceptors (Lipinski definition) is 3. The molecule has 1 saturated carbocycles. The second-order valence-corrected chi connectivity index (χ2v) is 9.77. The van der Waals surface area contributed by atoms with Gasteiger partial charge in [0, 0.05) is 0 Å². The number of carbonyl (C=O) groups is 2. The van der Waals surface area contributed by atoms with Crippen LogP contribution >= 0.6 is 0 Å². The molecule has 0 radical (unpaired) electrons. The molecule has 37 heavy (non-hydrogen) atoms. The van der Waals surface area contributed by atoms with E-state index in [1.807, 2.05) is 104 Å². The summed E-state index contributed by atoms with van der Waals surface area (Å²) in [6.45, 7) is 2.08. The lowest BCUT2D eigenvalue weighted by Crippen LogP contribution is -2.42. The molecule has 0 aromatic heterocycles. The van der Waals surface area contributed by atoms with Gasteiger partial charge in [-0.1, -0.05) is 121 Å². The number of fused-ring (bicyclic) bond motifs is 2. The molecular formula is C34H28O3. The number of Topliss-reactive ketones (excluding diaryl/α,β-unsaturated/α-hetero) is 1. The molecule has 6 rings (SSSR count). The molecule has 3 heteroatoms. The van der Waals surface area contributed by atoms with E-state index in [-0.39, 0.29) is 18.4 Å². The number of carbonyl (C=O) groups excluding carboxylic acids is 2. The Bertz CT molecular complexity index is 1480. The second kappa shape index (κ2) is 9.01. The molecule has 0 spiro atoms.